The molecule has 31 heavy (non-hydrogen) atoms. The van der Waals surface area contributed by atoms with Gasteiger partial charge >= 0.3 is 0 Å². The minimum absolute atomic E-state index is 0.157. The van der Waals surface area contributed by atoms with Crippen LogP contribution in [0.4, 0.5) is 16.3 Å². The molecule has 0 radical (unpaired) electrons. The minimum atomic E-state index is -1.37. The molecular weight excluding hydrogens is 394 g/mol. The molecule has 0 aliphatic carbocycles. The number of carbonyl (C=O) groups excluding carboxylic acids is 1. The lowest BCUT2D eigenvalue weighted by molar-refractivity contribution is -0.246. The van der Waals surface area contributed by atoms with Crippen molar-refractivity contribution in [3.63, 3.8) is 0 Å². The maximum atomic E-state index is 12.0. The van der Waals surface area contributed by atoms with E-state index in [2.05, 4.69) is 20.3 Å². The van der Waals surface area contributed by atoms with E-state index in [1.807, 2.05) is 60.7 Å². The number of aromatic nitrogens is 3. The van der Waals surface area contributed by atoms with E-state index >= 15 is 0 Å². The smallest absolute Gasteiger partial charge is 0.267 e. The van der Waals surface area contributed by atoms with E-state index in [9.17, 15) is 14.7 Å². The second-order valence-corrected chi connectivity index (χ2v) is 6.88. The number of hydrogen-bond donors (Lipinski definition) is 2. The molecule has 156 valence electrons. The number of aromatic amines is 1. The van der Waals surface area contributed by atoms with Crippen molar-refractivity contribution < 1.29 is 9.90 Å². The number of carboxylic acid groups (broad SMARTS) is 1. The highest BCUT2D eigenvalue weighted by Crippen LogP contribution is 2.31. The van der Waals surface area contributed by atoms with E-state index in [1.165, 1.54) is 0 Å². The lowest BCUT2D eigenvalue weighted by atomic mass is 9.98. The van der Waals surface area contributed by atoms with Gasteiger partial charge in [0.15, 0.2) is 5.65 Å². The zero-order valence-electron chi connectivity index (χ0n) is 16.8. The van der Waals surface area contributed by atoms with Crippen molar-refractivity contribution in [2.75, 3.05) is 16.8 Å². The maximum absolute atomic E-state index is 12.0. The quantitative estimate of drug-likeness (QED) is 0.501. The number of pyridine rings is 1. The summed E-state index contributed by atoms with van der Waals surface area (Å²) in [6.07, 6.45) is -0.253. The van der Waals surface area contributed by atoms with Gasteiger partial charge in [0.2, 0.25) is 0 Å². The Labute approximate surface area is 178 Å². The summed E-state index contributed by atoms with van der Waals surface area (Å²) in [6.45, 7) is 1.84. The van der Waals surface area contributed by atoms with Gasteiger partial charge in [-0.3, -0.25) is 4.79 Å². The summed E-state index contributed by atoms with van der Waals surface area (Å²) < 4.78 is 0. The van der Waals surface area contributed by atoms with Gasteiger partial charge in [-0.2, -0.15) is 0 Å². The Morgan fingerprint density at radius 3 is 2.26 bits per heavy atom. The number of rotatable bonds is 6. The molecule has 0 aliphatic heterocycles. The highest BCUT2D eigenvalue weighted by molar-refractivity contribution is 5.91. The van der Waals surface area contributed by atoms with Gasteiger partial charge in [-0.1, -0.05) is 60.7 Å². The third-order valence-corrected chi connectivity index (χ3v) is 4.92. The van der Waals surface area contributed by atoms with Gasteiger partial charge in [0, 0.05) is 12.6 Å². The lowest BCUT2D eigenvalue weighted by Gasteiger charge is -2.25. The normalized spacial score (nSPS) is 10.9. The van der Waals surface area contributed by atoms with Crippen LogP contribution in [0.3, 0.4) is 0 Å². The fourth-order valence-corrected chi connectivity index (χ4v) is 3.45. The lowest BCUT2D eigenvalue weighted by Crippen LogP contribution is -2.41. The van der Waals surface area contributed by atoms with Crippen LogP contribution in [0.15, 0.2) is 77.7 Å². The van der Waals surface area contributed by atoms with E-state index < -0.39 is 6.09 Å². The van der Waals surface area contributed by atoms with Crippen LogP contribution in [-0.2, 0) is 0 Å². The van der Waals surface area contributed by atoms with Crippen LogP contribution in [0, 0.1) is 0 Å². The summed E-state index contributed by atoms with van der Waals surface area (Å²) in [7, 11) is 0. The molecule has 0 unspecified atom stereocenters. The third kappa shape index (κ3) is 4.23. The van der Waals surface area contributed by atoms with Gasteiger partial charge < -0.3 is 25.1 Å². The molecule has 0 fully saturated rings. The topological polar surface area (TPSA) is 114 Å². The first-order chi connectivity index (χ1) is 15.1. The van der Waals surface area contributed by atoms with Crippen LogP contribution in [0.25, 0.3) is 11.2 Å². The molecule has 0 atom stereocenters. The number of anilines is 2. The van der Waals surface area contributed by atoms with Crippen LogP contribution in [0.2, 0.25) is 0 Å². The molecule has 4 aromatic rings. The van der Waals surface area contributed by atoms with Crippen LogP contribution in [0.1, 0.15) is 24.1 Å². The van der Waals surface area contributed by atoms with Crippen molar-refractivity contribution in [2.45, 2.75) is 13.0 Å². The van der Waals surface area contributed by atoms with E-state index in [1.54, 1.807) is 13.0 Å². The van der Waals surface area contributed by atoms with Crippen molar-refractivity contribution in [2.24, 2.45) is 0 Å². The van der Waals surface area contributed by atoms with E-state index in [0.717, 1.165) is 22.2 Å². The van der Waals surface area contributed by atoms with Gasteiger partial charge in [-0.15, -0.1) is 0 Å². The zero-order chi connectivity index (χ0) is 21.8. The van der Waals surface area contributed by atoms with Crippen LogP contribution < -0.4 is 20.9 Å². The molecule has 4 rings (SSSR count). The monoisotopic (exact) mass is 414 g/mol. The number of hydrogen-bond acceptors (Lipinski definition) is 6. The Balaban J connectivity index is 1.89. The number of nitrogens with zero attached hydrogens (tertiary/aromatic N) is 3. The molecule has 0 saturated heterocycles. The molecule has 2 aromatic heterocycles. The standard InChI is InChI=1S/C23H21N5O3/c1-2-28(23(30)31)18-13-17(21-22(26-18)24-14-19(29)27-21)25-20(15-9-5-3-6-10-15)16-11-7-4-8-12-16/h3-14,20H,2H2,1H3,(H,27,29)(H,30,31)(H,24,25,26)/p-1. The van der Waals surface area contributed by atoms with Crippen molar-refractivity contribution in [3.05, 3.63) is 94.4 Å². The highest BCUT2D eigenvalue weighted by atomic mass is 16.4. The summed E-state index contributed by atoms with van der Waals surface area (Å²) in [4.78, 5) is 35.7. The number of amides is 1. The number of fused-ring (bicyclic) bond motifs is 1. The van der Waals surface area contributed by atoms with Crippen molar-refractivity contribution in [1.82, 2.24) is 15.0 Å². The predicted molar refractivity (Wildman–Crippen MR) is 117 cm³/mol. The largest absolute Gasteiger partial charge is 0.530 e. The molecule has 8 heteroatoms. The van der Waals surface area contributed by atoms with Crippen molar-refractivity contribution in [1.29, 1.82) is 0 Å². The summed E-state index contributed by atoms with van der Waals surface area (Å²) in [5.74, 6) is 0.164. The van der Waals surface area contributed by atoms with Gasteiger partial charge in [-0.05, 0) is 18.1 Å². The summed E-state index contributed by atoms with van der Waals surface area (Å²) >= 11 is 0. The molecule has 0 spiro atoms. The number of benzene rings is 2. The molecule has 2 N–H and O–H groups in total. The van der Waals surface area contributed by atoms with Crippen LogP contribution in [-0.4, -0.2) is 27.6 Å². The SMILES string of the molecule is CCN(C(=O)[O-])c1cc(NC(c2ccccc2)c2ccccc2)c2[nH]c(=O)cnc2n1. The molecule has 8 nitrogen and oxygen atoms in total. The summed E-state index contributed by atoms with van der Waals surface area (Å²) in [5, 5.41) is 15.0. The molecular formula is C23H20N5O3-. The number of H-pyrrole nitrogens is 1. The predicted octanol–water partition coefficient (Wildman–Crippen LogP) is 2.69. The molecule has 0 saturated carbocycles. The third-order valence-electron chi connectivity index (χ3n) is 4.92. The Morgan fingerprint density at radius 1 is 1.10 bits per heavy atom. The summed E-state index contributed by atoms with van der Waals surface area (Å²) in [5.41, 5.74) is 2.73. The van der Waals surface area contributed by atoms with Gasteiger partial charge in [0.05, 0.1) is 17.9 Å². The van der Waals surface area contributed by atoms with Crippen molar-refractivity contribution >= 4 is 28.8 Å². The zero-order valence-corrected chi connectivity index (χ0v) is 16.8. The van der Waals surface area contributed by atoms with Gasteiger partial charge in [0.1, 0.15) is 17.4 Å². The van der Waals surface area contributed by atoms with Crippen molar-refractivity contribution in [3.8, 4) is 0 Å². The van der Waals surface area contributed by atoms with Crippen LogP contribution in [0.5, 0.6) is 0 Å². The molecule has 0 aliphatic rings. The average molecular weight is 414 g/mol. The first kappa shape index (κ1) is 20.1. The van der Waals surface area contributed by atoms with Gasteiger partial charge in [0.25, 0.3) is 5.56 Å². The maximum Gasteiger partial charge on any atom is 0.267 e. The molecule has 1 amide bonds. The first-order valence-electron chi connectivity index (χ1n) is 9.82. The average Bonchev–Trinajstić information content (AvgIpc) is 2.79. The number of nitrogens with one attached hydrogen (secondary N) is 2. The molecule has 0 bridgehead atoms. The number of carbonyl (C=O) groups is 1. The van der Waals surface area contributed by atoms with Gasteiger partial charge in [-0.25, -0.2) is 9.97 Å². The molecule has 2 aromatic carbocycles. The second kappa shape index (κ2) is 8.66. The van der Waals surface area contributed by atoms with E-state index in [-0.39, 0.29) is 29.6 Å². The Kier molecular flexibility index (Phi) is 5.61. The Morgan fingerprint density at radius 2 is 1.71 bits per heavy atom. The summed E-state index contributed by atoms with van der Waals surface area (Å²) in [6, 6.07) is 21.0. The fraction of sp³-hybridized carbons (Fsp3) is 0.130. The van der Waals surface area contributed by atoms with Crippen LogP contribution >= 0.6 is 0 Å². The second-order valence-electron chi connectivity index (χ2n) is 6.88. The highest BCUT2D eigenvalue weighted by Gasteiger charge is 2.18. The molecule has 2 heterocycles. The minimum Gasteiger partial charge on any atom is -0.530 e. The first-order valence-corrected chi connectivity index (χ1v) is 9.82. The van der Waals surface area contributed by atoms with E-state index in [4.69, 9.17) is 0 Å². The Hall–Kier alpha value is -4.20. The van der Waals surface area contributed by atoms with E-state index in [0.29, 0.717) is 11.2 Å². The fourth-order valence-electron chi connectivity index (χ4n) is 3.45. The Bertz CT molecular complexity index is 1220.